The predicted molar refractivity (Wildman–Crippen MR) is 172 cm³/mol. The van der Waals surface area contributed by atoms with Crippen molar-refractivity contribution in [3.05, 3.63) is 52.2 Å². The van der Waals surface area contributed by atoms with Gasteiger partial charge in [-0.1, -0.05) is 23.7 Å². The second-order valence-corrected chi connectivity index (χ2v) is 14.5. The van der Waals surface area contributed by atoms with Crippen LogP contribution in [0.1, 0.15) is 67.7 Å². The lowest BCUT2D eigenvalue weighted by Gasteiger charge is -2.46. The van der Waals surface area contributed by atoms with Gasteiger partial charge in [-0.3, -0.25) is 9.69 Å². The topological polar surface area (TPSA) is 81.2 Å². The highest BCUT2D eigenvalue weighted by Crippen LogP contribution is 2.54. The molecule has 2 aromatic carbocycles. The summed E-state index contributed by atoms with van der Waals surface area (Å²) in [6.45, 7) is 4.28. The molecule has 7 heterocycles. The molecular formula is C35H40ClN5O3. The average molecular weight is 614 g/mol. The number of carbonyl (C=O) groups is 1. The molecule has 4 atom stereocenters. The first-order valence-electron chi connectivity index (χ1n) is 16.5. The molecule has 0 saturated carbocycles. The number of fused-ring (bicyclic) bond motifs is 10. The number of nitrogens with one attached hydrogen (secondary N) is 1. The lowest BCUT2D eigenvalue weighted by Crippen LogP contribution is -2.54. The lowest BCUT2D eigenvalue weighted by molar-refractivity contribution is -0.124. The summed E-state index contributed by atoms with van der Waals surface area (Å²) in [5.74, 6) is 1.19. The smallest absolute Gasteiger partial charge is 0.238 e. The average Bonchev–Trinajstić information content (AvgIpc) is 3.71. The molecule has 8 nitrogen and oxygen atoms in total. The molecule has 2 N–H and O–H groups in total. The van der Waals surface area contributed by atoms with E-state index in [0.717, 1.165) is 86.0 Å². The molecule has 0 aliphatic carbocycles. The van der Waals surface area contributed by atoms with E-state index in [9.17, 15) is 9.90 Å². The third-order valence-corrected chi connectivity index (χ3v) is 12.2. The van der Waals surface area contributed by atoms with Gasteiger partial charge in [0.05, 0.1) is 34.4 Å². The van der Waals surface area contributed by atoms with Crippen LogP contribution in [0.4, 0.5) is 11.4 Å². The number of rotatable bonds is 4. The SMILES string of the molecule is CN1C(=O)C2C3CCC(CC2c2c4c(nc(OCC56CCCN5CCC6)c21)CN(c1cc(O)cc2cccc(Cl)c12)CC4)N3. The Morgan fingerprint density at radius 3 is 2.84 bits per heavy atom. The zero-order chi connectivity index (χ0) is 29.7. The van der Waals surface area contributed by atoms with Crippen molar-refractivity contribution in [1.29, 1.82) is 0 Å². The second kappa shape index (κ2) is 9.96. The zero-order valence-electron chi connectivity index (χ0n) is 25.3. The molecule has 6 aliphatic rings. The summed E-state index contributed by atoms with van der Waals surface area (Å²) in [4.78, 5) is 26.1. The Kier molecular flexibility index (Phi) is 6.17. The highest BCUT2D eigenvalue weighted by molar-refractivity contribution is 6.36. The van der Waals surface area contributed by atoms with Crippen molar-refractivity contribution in [2.75, 3.05) is 43.1 Å². The highest BCUT2D eigenvalue weighted by Gasteiger charge is 2.53. The fourth-order valence-corrected chi connectivity index (χ4v) is 10.2. The number of nitrogens with zero attached hydrogens (tertiary/aromatic N) is 4. The van der Waals surface area contributed by atoms with E-state index in [2.05, 4.69) is 15.1 Å². The number of hydrogen-bond acceptors (Lipinski definition) is 7. The van der Waals surface area contributed by atoms with Crippen LogP contribution in [0.3, 0.4) is 0 Å². The summed E-state index contributed by atoms with van der Waals surface area (Å²) < 4.78 is 6.83. The van der Waals surface area contributed by atoms with Crippen LogP contribution in [0.2, 0.25) is 5.02 Å². The monoisotopic (exact) mass is 613 g/mol. The Balaban J connectivity index is 1.16. The van der Waals surface area contributed by atoms with Crippen molar-refractivity contribution in [2.45, 2.75) is 81.5 Å². The van der Waals surface area contributed by atoms with Gasteiger partial charge in [-0.25, -0.2) is 4.98 Å². The predicted octanol–water partition coefficient (Wildman–Crippen LogP) is 5.36. The van der Waals surface area contributed by atoms with Crippen LogP contribution < -0.4 is 19.9 Å². The molecule has 0 spiro atoms. The number of pyridine rings is 1. The number of aromatic hydroxyl groups is 1. The van der Waals surface area contributed by atoms with Crippen LogP contribution in [-0.2, 0) is 17.8 Å². The zero-order valence-corrected chi connectivity index (χ0v) is 26.1. The van der Waals surface area contributed by atoms with E-state index in [-0.39, 0.29) is 35.1 Å². The number of amides is 1. The maximum absolute atomic E-state index is 14.0. The summed E-state index contributed by atoms with van der Waals surface area (Å²) in [5.41, 5.74) is 5.54. The molecular weight excluding hydrogens is 574 g/mol. The first-order valence-corrected chi connectivity index (χ1v) is 16.9. The van der Waals surface area contributed by atoms with Crippen molar-refractivity contribution >= 4 is 39.7 Å². The quantitative estimate of drug-likeness (QED) is 0.410. The van der Waals surface area contributed by atoms with Crippen LogP contribution in [0.25, 0.3) is 10.8 Å². The molecule has 4 unspecified atom stereocenters. The van der Waals surface area contributed by atoms with Crippen molar-refractivity contribution in [2.24, 2.45) is 5.92 Å². The van der Waals surface area contributed by atoms with Gasteiger partial charge in [0.2, 0.25) is 11.8 Å². The van der Waals surface area contributed by atoms with Gasteiger partial charge < -0.3 is 25.0 Å². The summed E-state index contributed by atoms with van der Waals surface area (Å²) in [6, 6.07) is 10.1. The summed E-state index contributed by atoms with van der Waals surface area (Å²) in [6.07, 6.45) is 8.75. The molecule has 4 saturated heterocycles. The van der Waals surface area contributed by atoms with E-state index in [4.69, 9.17) is 21.3 Å². The van der Waals surface area contributed by atoms with E-state index in [1.807, 2.05) is 36.2 Å². The molecule has 9 rings (SSSR count). The van der Waals surface area contributed by atoms with Gasteiger partial charge in [0.1, 0.15) is 18.0 Å². The maximum Gasteiger partial charge on any atom is 0.238 e. The number of halogens is 1. The van der Waals surface area contributed by atoms with E-state index in [0.29, 0.717) is 30.1 Å². The Morgan fingerprint density at radius 2 is 2.00 bits per heavy atom. The third kappa shape index (κ3) is 3.96. The van der Waals surface area contributed by atoms with Crippen LogP contribution >= 0.6 is 11.6 Å². The Hall–Kier alpha value is -3.07. The van der Waals surface area contributed by atoms with E-state index in [1.54, 1.807) is 6.07 Å². The summed E-state index contributed by atoms with van der Waals surface area (Å²) in [7, 11) is 1.94. The maximum atomic E-state index is 14.0. The molecule has 1 amide bonds. The number of aromatic nitrogens is 1. The lowest BCUT2D eigenvalue weighted by atomic mass is 9.71. The number of benzene rings is 2. The molecule has 44 heavy (non-hydrogen) atoms. The van der Waals surface area contributed by atoms with Gasteiger partial charge in [-0.15, -0.1) is 0 Å². The van der Waals surface area contributed by atoms with Crippen molar-refractivity contribution in [3.63, 3.8) is 0 Å². The van der Waals surface area contributed by atoms with Crippen LogP contribution in [-0.4, -0.2) is 71.8 Å². The summed E-state index contributed by atoms with van der Waals surface area (Å²) in [5, 5.41) is 17.0. The summed E-state index contributed by atoms with van der Waals surface area (Å²) >= 11 is 6.75. The second-order valence-electron chi connectivity index (χ2n) is 14.1. The Labute approximate surface area is 263 Å². The number of ether oxygens (including phenoxy) is 1. The molecule has 9 heteroatoms. The first-order chi connectivity index (χ1) is 21.4. The molecule has 4 fully saturated rings. The fourth-order valence-electron chi connectivity index (χ4n) is 9.89. The van der Waals surface area contributed by atoms with Gasteiger partial charge >= 0.3 is 0 Å². The minimum atomic E-state index is -0.0452. The van der Waals surface area contributed by atoms with E-state index >= 15 is 0 Å². The molecule has 2 bridgehead atoms. The molecule has 230 valence electrons. The number of carbonyl (C=O) groups excluding carboxylic acids is 1. The number of anilines is 2. The van der Waals surface area contributed by atoms with Gasteiger partial charge in [-0.2, -0.15) is 0 Å². The number of phenols is 1. The molecule has 0 radical (unpaired) electrons. The first kappa shape index (κ1) is 27.3. The number of hydrogen-bond donors (Lipinski definition) is 2. The van der Waals surface area contributed by atoms with Crippen molar-refractivity contribution < 1.29 is 14.6 Å². The number of phenolic OH excluding ortho intramolecular Hbond substituents is 1. The van der Waals surface area contributed by atoms with E-state index < -0.39 is 0 Å². The fraction of sp³-hybridized carbons (Fsp3) is 0.543. The van der Waals surface area contributed by atoms with Gasteiger partial charge in [0.25, 0.3) is 0 Å². The molecule has 1 aromatic heterocycles. The van der Waals surface area contributed by atoms with E-state index in [1.165, 1.54) is 24.0 Å². The van der Waals surface area contributed by atoms with Gasteiger partial charge in [-0.05, 0) is 93.1 Å². The number of piperidine rings is 1. The molecule has 3 aromatic rings. The van der Waals surface area contributed by atoms with Gasteiger partial charge in [0, 0.05) is 43.0 Å². The largest absolute Gasteiger partial charge is 0.508 e. The minimum absolute atomic E-state index is 0.0452. The molecule has 6 aliphatic heterocycles. The standard InChI is InChI=1S/C35H40ClN5O3/c1-39-32-30(24-16-21-7-8-26(37-21)31(24)34(39)43)23-9-14-40(28-17-22(42)15-20-5-2-6-25(36)29(20)28)18-27(23)38-33(32)44-19-35-10-3-12-41(35)13-4-11-35/h2,5-6,15,17,21,24,26,31,37,42H,3-4,7-14,16,18-19H2,1H3. The third-order valence-electron chi connectivity index (χ3n) is 11.9. The van der Waals surface area contributed by atoms with Crippen molar-refractivity contribution in [1.82, 2.24) is 15.2 Å². The van der Waals surface area contributed by atoms with Crippen LogP contribution in [0, 0.1) is 5.92 Å². The van der Waals surface area contributed by atoms with Crippen LogP contribution in [0.15, 0.2) is 30.3 Å². The normalized spacial score (nSPS) is 28.6. The van der Waals surface area contributed by atoms with Crippen molar-refractivity contribution in [3.8, 4) is 11.6 Å². The van der Waals surface area contributed by atoms with Crippen LogP contribution in [0.5, 0.6) is 11.6 Å². The Morgan fingerprint density at radius 1 is 1.16 bits per heavy atom. The minimum Gasteiger partial charge on any atom is -0.508 e. The Bertz CT molecular complexity index is 1680. The highest BCUT2D eigenvalue weighted by atomic mass is 35.5. The van der Waals surface area contributed by atoms with Gasteiger partial charge in [0.15, 0.2) is 0 Å².